The van der Waals surface area contributed by atoms with Gasteiger partial charge >= 0.3 is 0 Å². The van der Waals surface area contributed by atoms with E-state index >= 15 is 0 Å². The molecule has 0 heterocycles. The molecule has 0 amide bonds. The van der Waals surface area contributed by atoms with Crippen molar-refractivity contribution in [3.05, 3.63) is 32.3 Å². The van der Waals surface area contributed by atoms with Crippen molar-refractivity contribution in [2.75, 3.05) is 0 Å². The van der Waals surface area contributed by atoms with Gasteiger partial charge in [0.25, 0.3) is 5.69 Å². The van der Waals surface area contributed by atoms with E-state index in [0.29, 0.717) is 10.0 Å². The number of aliphatic imine (C=N–C) groups is 1. The number of hydrogen-bond donors (Lipinski definition) is 0. The van der Waals surface area contributed by atoms with Gasteiger partial charge in [0.2, 0.25) is 6.08 Å². The van der Waals surface area contributed by atoms with E-state index in [1.165, 1.54) is 18.2 Å². The molecular weight excluding hydrogens is 252 g/mol. The summed E-state index contributed by atoms with van der Waals surface area (Å²) in [5.41, 5.74) is 0.810. The number of aryl methyl sites for hydroxylation is 1. The molecule has 1 aromatic carbocycles. The van der Waals surface area contributed by atoms with Crippen LogP contribution < -0.4 is 0 Å². The Morgan fingerprint density at radius 3 is 2.71 bits per heavy atom. The van der Waals surface area contributed by atoms with E-state index in [1.54, 1.807) is 6.92 Å². The summed E-state index contributed by atoms with van der Waals surface area (Å²) in [5, 5.41) is 10.5. The van der Waals surface area contributed by atoms with Crippen molar-refractivity contribution < 1.29 is 9.72 Å². The minimum Gasteiger partial charge on any atom is -0.258 e. The van der Waals surface area contributed by atoms with E-state index in [0.717, 1.165) is 0 Å². The molecule has 0 aliphatic carbocycles. The Bertz CT molecular complexity index is 415. The number of isocyanates is 1. The van der Waals surface area contributed by atoms with Crippen LogP contribution in [0.2, 0.25) is 0 Å². The van der Waals surface area contributed by atoms with Crippen LogP contribution >= 0.6 is 15.9 Å². The molecule has 0 N–H and O–H groups in total. The summed E-state index contributed by atoms with van der Waals surface area (Å²) < 4.78 is 0.366. The molecule has 14 heavy (non-hydrogen) atoms. The first-order chi connectivity index (χ1) is 6.56. The number of nitro benzene ring substituents is 1. The smallest absolute Gasteiger partial charge is 0.258 e. The summed E-state index contributed by atoms with van der Waals surface area (Å²) in [6.07, 6.45) is 1.35. The first-order valence-electron chi connectivity index (χ1n) is 3.58. The predicted molar refractivity (Wildman–Crippen MR) is 53.3 cm³/mol. The highest BCUT2D eigenvalue weighted by molar-refractivity contribution is 9.10. The highest BCUT2D eigenvalue weighted by Gasteiger charge is 2.14. The maximum atomic E-state index is 10.5. The van der Waals surface area contributed by atoms with Gasteiger partial charge in [0, 0.05) is 6.07 Å². The fourth-order valence-electron chi connectivity index (χ4n) is 0.960. The summed E-state index contributed by atoms with van der Waals surface area (Å²) in [4.78, 5) is 23.4. The Morgan fingerprint density at radius 2 is 2.21 bits per heavy atom. The number of benzene rings is 1. The molecule has 0 saturated heterocycles. The number of nitro groups is 1. The van der Waals surface area contributed by atoms with Gasteiger partial charge in [-0.15, -0.1) is 0 Å². The molecule has 0 aromatic heterocycles. The molecule has 0 radical (unpaired) electrons. The number of carbonyl (C=O) groups excluding carboxylic acids is 1. The molecule has 0 bridgehead atoms. The van der Waals surface area contributed by atoms with Crippen molar-refractivity contribution in [2.24, 2.45) is 4.99 Å². The molecule has 0 saturated carbocycles. The molecule has 0 fully saturated rings. The highest BCUT2D eigenvalue weighted by Crippen LogP contribution is 2.32. The van der Waals surface area contributed by atoms with E-state index < -0.39 is 4.92 Å². The maximum absolute atomic E-state index is 10.5. The van der Waals surface area contributed by atoms with Gasteiger partial charge in [-0.2, -0.15) is 4.99 Å². The second-order valence-corrected chi connectivity index (χ2v) is 3.40. The zero-order valence-corrected chi connectivity index (χ0v) is 8.74. The van der Waals surface area contributed by atoms with Crippen LogP contribution in [-0.4, -0.2) is 11.0 Å². The SMILES string of the molecule is Cc1cc(Br)c([N+](=O)[O-])cc1N=C=O. The van der Waals surface area contributed by atoms with Crippen molar-refractivity contribution in [3.63, 3.8) is 0 Å². The average molecular weight is 257 g/mol. The lowest BCUT2D eigenvalue weighted by atomic mass is 10.2. The van der Waals surface area contributed by atoms with Gasteiger partial charge < -0.3 is 0 Å². The zero-order valence-electron chi connectivity index (χ0n) is 7.15. The number of rotatable bonds is 2. The first-order valence-corrected chi connectivity index (χ1v) is 4.38. The predicted octanol–water partition coefficient (Wildman–Crippen LogP) is 2.63. The minimum absolute atomic E-state index is 0.121. The summed E-state index contributed by atoms with van der Waals surface area (Å²) >= 11 is 3.05. The fourth-order valence-corrected chi connectivity index (χ4v) is 1.56. The fraction of sp³-hybridized carbons (Fsp3) is 0.125. The summed E-state index contributed by atoms with van der Waals surface area (Å²) in [5.74, 6) is 0. The number of nitrogens with zero attached hydrogens (tertiary/aromatic N) is 2. The minimum atomic E-state index is -0.548. The Hall–Kier alpha value is -1.52. The Kier molecular flexibility index (Phi) is 3.11. The van der Waals surface area contributed by atoms with E-state index in [-0.39, 0.29) is 11.4 Å². The first kappa shape index (κ1) is 10.6. The van der Waals surface area contributed by atoms with Crippen LogP contribution in [0.5, 0.6) is 0 Å². The standard InChI is InChI=1S/C8H5BrN2O3/c1-5-2-6(9)8(11(13)14)3-7(5)10-4-12/h2-3H,1H3. The summed E-state index contributed by atoms with van der Waals surface area (Å²) in [7, 11) is 0. The number of hydrogen-bond acceptors (Lipinski definition) is 4. The molecule has 0 aliphatic rings. The third kappa shape index (κ3) is 2.04. The lowest BCUT2D eigenvalue weighted by Crippen LogP contribution is -1.90. The van der Waals surface area contributed by atoms with Gasteiger partial charge in [-0.1, -0.05) is 0 Å². The number of halogens is 1. The van der Waals surface area contributed by atoms with Crippen LogP contribution in [-0.2, 0) is 4.79 Å². The highest BCUT2D eigenvalue weighted by atomic mass is 79.9. The normalized spacial score (nSPS) is 9.29. The summed E-state index contributed by atoms with van der Waals surface area (Å²) in [6, 6.07) is 2.76. The third-order valence-electron chi connectivity index (χ3n) is 1.63. The molecule has 0 aliphatic heterocycles. The largest absolute Gasteiger partial charge is 0.285 e. The van der Waals surface area contributed by atoms with Crippen LogP contribution in [0, 0.1) is 17.0 Å². The Labute approximate surface area is 87.7 Å². The third-order valence-corrected chi connectivity index (χ3v) is 2.26. The molecular formula is C8H5BrN2O3. The molecule has 0 spiro atoms. The molecule has 1 aromatic rings. The van der Waals surface area contributed by atoms with E-state index in [1.807, 2.05) is 0 Å². The van der Waals surface area contributed by atoms with Crippen molar-refractivity contribution >= 4 is 33.4 Å². The molecule has 1 rings (SSSR count). The van der Waals surface area contributed by atoms with Crippen LogP contribution in [0.15, 0.2) is 21.6 Å². The van der Waals surface area contributed by atoms with E-state index in [9.17, 15) is 14.9 Å². The molecule has 0 unspecified atom stereocenters. The molecule has 72 valence electrons. The van der Waals surface area contributed by atoms with Crippen LogP contribution in [0.4, 0.5) is 11.4 Å². The van der Waals surface area contributed by atoms with Crippen LogP contribution in [0.3, 0.4) is 0 Å². The molecule has 0 atom stereocenters. The van der Waals surface area contributed by atoms with Gasteiger partial charge in [0.15, 0.2) is 0 Å². The van der Waals surface area contributed by atoms with Crippen LogP contribution in [0.1, 0.15) is 5.56 Å². The monoisotopic (exact) mass is 256 g/mol. The van der Waals surface area contributed by atoms with Crippen molar-refractivity contribution in [2.45, 2.75) is 6.92 Å². The van der Waals surface area contributed by atoms with Crippen molar-refractivity contribution in [1.29, 1.82) is 0 Å². The lowest BCUT2D eigenvalue weighted by molar-refractivity contribution is -0.385. The Balaban J connectivity index is 3.41. The lowest BCUT2D eigenvalue weighted by Gasteiger charge is -2.00. The summed E-state index contributed by atoms with van der Waals surface area (Å²) in [6.45, 7) is 1.70. The molecule has 5 nitrogen and oxygen atoms in total. The topological polar surface area (TPSA) is 72.6 Å². The second kappa shape index (κ2) is 4.13. The second-order valence-electron chi connectivity index (χ2n) is 2.55. The van der Waals surface area contributed by atoms with E-state index in [4.69, 9.17) is 0 Å². The van der Waals surface area contributed by atoms with Gasteiger partial charge in [0.05, 0.1) is 15.1 Å². The van der Waals surface area contributed by atoms with Gasteiger partial charge in [-0.05, 0) is 34.5 Å². The van der Waals surface area contributed by atoms with Gasteiger partial charge in [-0.25, -0.2) is 4.79 Å². The van der Waals surface area contributed by atoms with Crippen LogP contribution in [0.25, 0.3) is 0 Å². The van der Waals surface area contributed by atoms with Crippen molar-refractivity contribution in [1.82, 2.24) is 0 Å². The average Bonchev–Trinajstić information content (AvgIpc) is 2.09. The zero-order chi connectivity index (χ0) is 10.7. The van der Waals surface area contributed by atoms with Gasteiger partial charge in [0.1, 0.15) is 0 Å². The quantitative estimate of drug-likeness (QED) is 0.354. The maximum Gasteiger partial charge on any atom is 0.285 e. The van der Waals surface area contributed by atoms with Gasteiger partial charge in [-0.3, -0.25) is 10.1 Å². The molecule has 6 heteroatoms. The Morgan fingerprint density at radius 1 is 1.57 bits per heavy atom. The van der Waals surface area contributed by atoms with Crippen molar-refractivity contribution in [3.8, 4) is 0 Å². The van der Waals surface area contributed by atoms with E-state index in [2.05, 4.69) is 20.9 Å².